The van der Waals surface area contributed by atoms with Crippen LogP contribution in [0.5, 0.6) is 0 Å². The molecule has 0 spiro atoms. The zero-order valence-corrected chi connectivity index (χ0v) is 9.63. The molecule has 2 nitrogen and oxygen atoms in total. The van der Waals surface area contributed by atoms with Crippen LogP contribution < -0.4 is 10.6 Å². The van der Waals surface area contributed by atoms with Gasteiger partial charge < -0.3 is 10.6 Å². The molecule has 0 saturated carbocycles. The van der Waals surface area contributed by atoms with Crippen molar-refractivity contribution in [1.82, 2.24) is 0 Å². The average molecular weight is 210 g/mol. The summed E-state index contributed by atoms with van der Waals surface area (Å²) in [5, 5.41) is 0. The van der Waals surface area contributed by atoms with Gasteiger partial charge in [-0.15, -0.1) is 0 Å². The van der Waals surface area contributed by atoms with Crippen molar-refractivity contribution in [3.8, 4) is 0 Å². The van der Waals surface area contributed by atoms with Gasteiger partial charge in [0.15, 0.2) is 0 Å². The molecule has 1 atom stereocenters. The lowest BCUT2D eigenvalue weighted by molar-refractivity contribution is 0.550. The predicted octanol–water partition coefficient (Wildman–Crippen LogP) is 2.89. The van der Waals surface area contributed by atoms with E-state index in [9.17, 15) is 4.39 Å². The summed E-state index contributed by atoms with van der Waals surface area (Å²) in [6, 6.07) is 4.82. The summed E-state index contributed by atoms with van der Waals surface area (Å²) in [6.45, 7) is 5.15. The van der Waals surface area contributed by atoms with Crippen molar-refractivity contribution in [2.45, 2.75) is 20.3 Å². The maximum atomic E-state index is 13.5. The third-order valence-corrected chi connectivity index (χ3v) is 2.67. The molecule has 0 amide bonds. The number of nitrogen functional groups attached to an aromatic ring is 1. The van der Waals surface area contributed by atoms with Gasteiger partial charge in [0.2, 0.25) is 0 Å². The van der Waals surface area contributed by atoms with E-state index >= 15 is 0 Å². The summed E-state index contributed by atoms with van der Waals surface area (Å²) in [6.07, 6.45) is 1.10. The van der Waals surface area contributed by atoms with Crippen LogP contribution in [0.4, 0.5) is 15.8 Å². The van der Waals surface area contributed by atoms with Gasteiger partial charge in [0, 0.05) is 19.3 Å². The molecule has 0 saturated heterocycles. The van der Waals surface area contributed by atoms with Crippen LogP contribution in [-0.2, 0) is 0 Å². The lowest BCUT2D eigenvalue weighted by atomic mass is 10.1. The summed E-state index contributed by atoms with van der Waals surface area (Å²) in [4.78, 5) is 1.93. The predicted molar refractivity (Wildman–Crippen MR) is 63.5 cm³/mol. The Bertz CT molecular complexity index is 325. The molecule has 0 radical (unpaired) electrons. The van der Waals surface area contributed by atoms with Crippen molar-refractivity contribution >= 4 is 11.4 Å². The molecule has 0 heterocycles. The van der Waals surface area contributed by atoms with Crippen LogP contribution in [0.25, 0.3) is 0 Å². The molecule has 1 aromatic carbocycles. The number of nitrogens with two attached hydrogens (primary N) is 1. The molecule has 15 heavy (non-hydrogen) atoms. The van der Waals surface area contributed by atoms with E-state index in [1.165, 1.54) is 6.07 Å². The molecule has 84 valence electrons. The van der Waals surface area contributed by atoms with Crippen LogP contribution >= 0.6 is 0 Å². The van der Waals surface area contributed by atoms with Gasteiger partial charge in [-0.3, -0.25) is 0 Å². The fourth-order valence-corrected chi connectivity index (χ4v) is 1.53. The number of anilines is 2. The van der Waals surface area contributed by atoms with E-state index in [0.29, 0.717) is 17.3 Å². The minimum absolute atomic E-state index is 0.249. The second-order valence-corrected chi connectivity index (χ2v) is 4.10. The number of rotatable bonds is 4. The average Bonchev–Trinajstić information content (AvgIpc) is 2.17. The second kappa shape index (κ2) is 5.01. The highest BCUT2D eigenvalue weighted by Gasteiger charge is 2.09. The molecule has 1 rings (SSSR count). The topological polar surface area (TPSA) is 29.3 Å². The van der Waals surface area contributed by atoms with E-state index in [4.69, 9.17) is 5.73 Å². The molecule has 0 aliphatic carbocycles. The standard InChI is InChI=1S/C12H19FN2/c1-4-9(2)8-15(3)12-6-5-10(14)7-11(12)13/h5-7,9H,4,8,14H2,1-3H3. The molecular weight excluding hydrogens is 191 g/mol. The molecule has 0 aliphatic rings. The van der Waals surface area contributed by atoms with Gasteiger partial charge in [-0.25, -0.2) is 4.39 Å². The van der Waals surface area contributed by atoms with Gasteiger partial charge in [-0.2, -0.15) is 0 Å². The van der Waals surface area contributed by atoms with Gasteiger partial charge in [0.05, 0.1) is 5.69 Å². The molecule has 2 N–H and O–H groups in total. The van der Waals surface area contributed by atoms with E-state index in [0.717, 1.165) is 13.0 Å². The maximum absolute atomic E-state index is 13.5. The van der Waals surface area contributed by atoms with Crippen LogP contribution in [0, 0.1) is 11.7 Å². The Kier molecular flexibility index (Phi) is 3.95. The summed E-state index contributed by atoms with van der Waals surface area (Å²) >= 11 is 0. The van der Waals surface area contributed by atoms with Crippen molar-refractivity contribution in [2.75, 3.05) is 24.2 Å². The minimum Gasteiger partial charge on any atom is -0.399 e. The van der Waals surface area contributed by atoms with Crippen molar-refractivity contribution in [2.24, 2.45) is 5.92 Å². The Hall–Kier alpha value is -1.25. The van der Waals surface area contributed by atoms with Crippen molar-refractivity contribution in [3.05, 3.63) is 24.0 Å². The van der Waals surface area contributed by atoms with Crippen LogP contribution in [0.1, 0.15) is 20.3 Å². The highest BCUT2D eigenvalue weighted by atomic mass is 19.1. The normalized spacial score (nSPS) is 12.5. The first-order chi connectivity index (χ1) is 7.04. The van der Waals surface area contributed by atoms with Crippen LogP contribution in [0.15, 0.2) is 18.2 Å². The number of halogens is 1. The third-order valence-electron chi connectivity index (χ3n) is 2.67. The Morgan fingerprint density at radius 3 is 2.67 bits per heavy atom. The van der Waals surface area contributed by atoms with E-state index in [1.54, 1.807) is 12.1 Å². The lowest BCUT2D eigenvalue weighted by Gasteiger charge is -2.23. The fraction of sp³-hybridized carbons (Fsp3) is 0.500. The molecule has 3 heteroatoms. The number of nitrogens with zero attached hydrogens (tertiary/aromatic N) is 1. The highest BCUT2D eigenvalue weighted by Crippen LogP contribution is 2.21. The smallest absolute Gasteiger partial charge is 0.148 e. The van der Waals surface area contributed by atoms with Crippen molar-refractivity contribution in [1.29, 1.82) is 0 Å². The van der Waals surface area contributed by atoms with Crippen LogP contribution in [0.2, 0.25) is 0 Å². The number of benzene rings is 1. The van der Waals surface area contributed by atoms with Gasteiger partial charge in [0.1, 0.15) is 5.82 Å². The summed E-state index contributed by atoms with van der Waals surface area (Å²) in [5.74, 6) is 0.313. The minimum atomic E-state index is -0.249. The largest absolute Gasteiger partial charge is 0.399 e. The molecule has 0 bridgehead atoms. The van der Waals surface area contributed by atoms with Crippen molar-refractivity contribution in [3.63, 3.8) is 0 Å². The Balaban J connectivity index is 2.77. The molecule has 1 aromatic rings. The summed E-state index contributed by atoms with van der Waals surface area (Å²) in [5.41, 5.74) is 6.58. The van der Waals surface area contributed by atoms with Gasteiger partial charge >= 0.3 is 0 Å². The highest BCUT2D eigenvalue weighted by molar-refractivity contribution is 5.54. The quantitative estimate of drug-likeness (QED) is 0.774. The van der Waals surface area contributed by atoms with Crippen LogP contribution in [0.3, 0.4) is 0 Å². The zero-order valence-electron chi connectivity index (χ0n) is 9.63. The first-order valence-electron chi connectivity index (χ1n) is 5.30. The van der Waals surface area contributed by atoms with E-state index < -0.39 is 0 Å². The molecule has 0 aromatic heterocycles. The summed E-state index contributed by atoms with van der Waals surface area (Å²) in [7, 11) is 1.90. The SMILES string of the molecule is CCC(C)CN(C)c1ccc(N)cc1F. The number of hydrogen-bond donors (Lipinski definition) is 1. The van der Waals surface area contributed by atoms with Crippen molar-refractivity contribution < 1.29 is 4.39 Å². The van der Waals surface area contributed by atoms with Gasteiger partial charge in [-0.1, -0.05) is 20.3 Å². The fourth-order valence-electron chi connectivity index (χ4n) is 1.53. The first kappa shape index (κ1) is 11.8. The van der Waals surface area contributed by atoms with Crippen LogP contribution in [-0.4, -0.2) is 13.6 Å². The molecule has 1 unspecified atom stereocenters. The lowest BCUT2D eigenvalue weighted by Crippen LogP contribution is -2.24. The third kappa shape index (κ3) is 3.11. The summed E-state index contributed by atoms with van der Waals surface area (Å²) < 4.78 is 13.5. The first-order valence-corrected chi connectivity index (χ1v) is 5.30. The molecule has 0 aliphatic heterocycles. The van der Waals surface area contributed by atoms with E-state index in [1.807, 2.05) is 11.9 Å². The Labute approximate surface area is 90.9 Å². The van der Waals surface area contributed by atoms with E-state index in [2.05, 4.69) is 13.8 Å². The van der Waals surface area contributed by atoms with Gasteiger partial charge in [0.25, 0.3) is 0 Å². The molecular formula is C12H19FN2. The Morgan fingerprint density at radius 2 is 2.13 bits per heavy atom. The monoisotopic (exact) mass is 210 g/mol. The van der Waals surface area contributed by atoms with E-state index in [-0.39, 0.29) is 5.82 Å². The van der Waals surface area contributed by atoms with Gasteiger partial charge in [-0.05, 0) is 24.1 Å². The Morgan fingerprint density at radius 1 is 1.47 bits per heavy atom. The molecule has 0 fully saturated rings. The number of hydrogen-bond acceptors (Lipinski definition) is 2. The zero-order chi connectivity index (χ0) is 11.4. The maximum Gasteiger partial charge on any atom is 0.148 e. The second-order valence-electron chi connectivity index (χ2n) is 4.10.